The Morgan fingerprint density at radius 3 is 2.38 bits per heavy atom. The molecule has 0 aliphatic heterocycles. The Balaban J connectivity index is 0.00000196. The van der Waals surface area contributed by atoms with Gasteiger partial charge in [0, 0.05) is 11.6 Å². The van der Waals surface area contributed by atoms with Crippen molar-refractivity contribution in [3.8, 4) is 5.75 Å². The quantitative estimate of drug-likeness (QED) is 0.841. The summed E-state index contributed by atoms with van der Waals surface area (Å²) in [5.41, 5.74) is 6.77. The average Bonchev–Trinajstić information content (AvgIpc) is 2.51. The Bertz CT molecular complexity index is 674. The molecule has 4 aliphatic rings. The molecular weight excluding hydrogens is 348 g/mol. The molecule has 1 aromatic rings. The highest BCUT2D eigenvalue weighted by atomic mass is 35.5. The summed E-state index contributed by atoms with van der Waals surface area (Å²) in [6.07, 6.45) is 5.75. The largest absolute Gasteiger partial charge is 0.478 e. The maximum absolute atomic E-state index is 13.0. The molecule has 3 N–H and O–H groups in total. The number of rotatable bonds is 4. The SMILES string of the molecule is Cc1ccccc1OC(C)(C)C(=O)NC1[C@@H]2CC3C[C@H]1CC(N)(C3)C2.Cl. The standard InChI is InChI=1S/C21H30N2O2.ClH/c1-13-6-4-5-7-17(13)25-20(2,3)19(24)23-18-15-8-14-9-16(18)12-21(22,10-14)11-15;/h4-7,14-16,18H,8-12,22H2,1-3H3,(H,23,24);1H/t14?,15-,16+,18?,21?;. The molecule has 0 heterocycles. The fourth-order valence-corrected chi connectivity index (χ4v) is 5.64. The molecule has 0 spiro atoms. The average molecular weight is 379 g/mol. The lowest BCUT2D eigenvalue weighted by Gasteiger charge is -2.59. The molecule has 1 amide bonds. The van der Waals surface area contributed by atoms with Gasteiger partial charge < -0.3 is 15.8 Å². The van der Waals surface area contributed by atoms with E-state index in [2.05, 4.69) is 5.32 Å². The first-order chi connectivity index (χ1) is 11.8. The van der Waals surface area contributed by atoms with E-state index >= 15 is 0 Å². The third-order valence-electron chi connectivity index (χ3n) is 6.62. The molecule has 4 saturated carbocycles. The van der Waals surface area contributed by atoms with Crippen LogP contribution in [0.3, 0.4) is 0 Å². The summed E-state index contributed by atoms with van der Waals surface area (Å²) in [5.74, 6) is 2.60. The van der Waals surface area contributed by atoms with Crippen LogP contribution in [0.5, 0.6) is 5.75 Å². The minimum atomic E-state index is -0.888. The van der Waals surface area contributed by atoms with Crippen LogP contribution in [0, 0.1) is 24.7 Å². The summed E-state index contributed by atoms with van der Waals surface area (Å²) < 4.78 is 6.07. The van der Waals surface area contributed by atoms with Gasteiger partial charge in [0.05, 0.1) is 0 Å². The smallest absolute Gasteiger partial charge is 0.263 e. The summed E-state index contributed by atoms with van der Waals surface area (Å²) in [5, 5.41) is 3.34. The van der Waals surface area contributed by atoms with Crippen molar-refractivity contribution >= 4 is 18.3 Å². The van der Waals surface area contributed by atoms with E-state index in [1.807, 2.05) is 45.0 Å². The van der Waals surface area contributed by atoms with Crippen molar-refractivity contribution in [3.63, 3.8) is 0 Å². The minimum Gasteiger partial charge on any atom is -0.478 e. The number of nitrogens with one attached hydrogen (secondary N) is 1. The van der Waals surface area contributed by atoms with Gasteiger partial charge in [-0.1, -0.05) is 18.2 Å². The number of hydrogen-bond donors (Lipinski definition) is 2. The van der Waals surface area contributed by atoms with Crippen molar-refractivity contribution in [2.45, 2.75) is 70.1 Å². The van der Waals surface area contributed by atoms with Crippen LogP contribution < -0.4 is 15.8 Å². The van der Waals surface area contributed by atoms with E-state index in [0.29, 0.717) is 11.8 Å². The number of hydrogen-bond acceptors (Lipinski definition) is 3. The van der Waals surface area contributed by atoms with E-state index in [9.17, 15) is 4.79 Å². The van der Waals surface area contributed by atoms with Crippen LogP contribution >= 0.6 is 12.4 Å². The topological polar surface area (TPSA) is 64.3 Å². The highest BCUT2D eigenvalue weighted by Gasteiger charge is 2.54. The van der Waals surface area contributed by atoms with Crippen molar-refractivity contribution in [1.82, 2.24) is 5.32 Å². The molecule has 5 rings (SSSR count). The van der Waals surface area contributed by atoms with Gasteiger partial charge in [0.15, 0.2) is 5.60 Å². The fraction of sp³-hybridized carbons (Fsp3) is 0.667. The van der Waals surface area contributed by atoms with Crippen molar-refractivity contribution in [1.29, 1.82) is 0 Å². The molecule has 144 valence electrons. The van der Waals surface area contributed by atoms with Gasteiger partial charge in [-0.25, -0.2) is 0 Å². The van der Waals surface area contributed by atoms with Crippen molar-refractivity contribution in [2.75, 3.05) is 0 Å². The highest BCUT2D eigenvalue weighted by Crippen LogP contribution is 2.54. The number of carbonyl (C=O) groups excluding carboxylic acids is 1. The lowest BCUT2D eigenvalue weighted by Crippen LogP contribution is -2.66. The summed E-state index contributed by atoms with van der Waals surface area (Å²) in [6.45, 7) is 5.71. The molecule has 4 nitrogen and oxygen atoms in total. The second-order valence-corrected chi connectivity index (χ2v) is 9.21. The number of halogens is 1. The molecule has 5 atom stereocenters. The van der Waals surface area contributed by atoms with E-state index < -0.39 is 5.60 Å². The number of aryl methyl sites for hydroxylation is 1. The van der Waals surface area contributed by atoms with Crippen LogP contribution in [-0.4, -0.2) is 23.1 Å². The van der Waals surface area contributed by atoms with Crippen LogP contribution in [0.15, 0.2) is 24.3 Å². The fourth-order valence-electron chi connectivity index (χ4n) is 5.64. The van der Waals surface area contributed by atoms with E-state index in [0.717, 1.165) is 30.1 Å². The molecule has 0 radical (unpaired) electrons. The van der Waals surface area contributed by atoms with Crippen molar-refractivity contribution in [3.05, 3.63) is 29.8 Å². The monoisotopic (exact) mass is 378 g/mol. The number of para-hydroxylation sites is 1. The first-order valence-corrected chi connectivity index (χ1v) is 9.60. The van der Waals surface area contributed by atoms with E-state index in [4.69, 9.17) is 10.5 Å². The predicted molar refractivity (Wildman–Crippen MR) is 106 cm³/mol. The third-order valence-corrected chi connectivity index (χ3v) is 6.62. The van der Waals surface area contributed by atoms with Crippen LogP contribution in [-0.2, 0) is 4.79 Å². The number of carbonyl (C=O) groups is 1. The van der Waals surface area contributed by atoms with Gasteiger partial charge in [0.1, 0.15) is 5.75 Å². The van der Waals surface area contributed by atoms with Gasteiger partial charge in [-0.3, -0.25) is 4.79 Å². The zero-order valence-electron chi connectivity index (χ0n) is 16.0. The van der Waals surface area contributed by atoms with Crippen LogP contribution in [0.25, 0.3) is 0 Å². The van der Waals surface area contributed by atoms with Crippen LogP contribution in [0.1, 0.15) is 51.5 Å². The molecule has 4 aliphatic carbocycles. The van der Waals surface area contributed by atoms with Crippen molar-refractivity contribution < 1.29 is 9.53 Å². The Morgan fingerprint density at radius 1 is 1.19 bits per heavy atom. The number of benzene rings is 1. The van der Waals surface area contributed by atoms with Gasteiger partial charge in [-0.2, -0.15) is 0 Å². The van der Waals surface area contributed by atoms with Crippen LogP contribution in [0.4, 0.5) is 0 Å². The van der Waals surface area contributed by atoms with Gasteiger partial charge in [-0.15, -0.1) is 12.4 Å². The maximum Gasteiger partial charge on any atom is 0.263 e. The molecule has 0 aromatic heterocycles. The Hall–Kier alpha value is -1.26. The zero-order chi connectivity index (χ0) is 17.8. The molecular formula is C21H31ClN2O2. The molecule has 1 aromatic carbocycles. The lowest BCUT2D eigenvalue weighted by molar-refractivity contribution is -0.138. The number of ether oxygens (including phenoxy) is 1. The maximum atomic E-state index is 13.0. The summed E-state index contributed by atoms with van der Waals surface area (Å²) in [4.78, 5) is 13.0. The summed E-state index contributed by atoms with van der Waals surface area (Å²) in [6, 6.07) is 8.11. The second kappa shape index (κ2) is 6.72. The molecule has 4 fully saturated rings. The van der Waals surface area contributed by atoms with Gasteiger partial charge in [0.2, 0.25) is 0 Å². The number of nitrogens with two attached hydrogens (primary N) is 1. The van der Waals surface area contributed by atoms with Gasteiger partial charge >= 0.3 is 0 Å². The predicted octanol–water partition coefficient (Wildman–Crippen LogP) is 3.60. The zero-order valence-corrected chi connectivity index (χ0v) is 16.8. The summed E-state index contributed by atoms with van der Waals surface area (Å²) >= 11 is 0. The van der Waals surface area contributed by atoms with Gasteiger partial charge in [-0.05, 0) is 82.3 Å². The molecule has 3 unspecified atom stereocenters. The molecule has 4 bridgehead atoms. The first-order valence-electron chi connectivity index (χ1n) is 9.60. The molecule has 0 saturated heterocycles. The Morgan fingerprint density at radius 2 is 1.81 bits per heavy atom. The molecule has 5 heteroatoms. The molecule has 26 heavy (non-hydrogen) atoms. The van der Waals surface area contributed by atoms with E-state index in [1.165, 1.54) is 19.3 Å². The minimum absolute atomic E-state index is 0. The second-order valence-electron chi connectivity index (χ2n) is 9.21. The number of amides is 1. The van der Waals surface area contributed by atoms with Crippen LogP contribution in [0.2, 0.25) is 0 Å². The van der Waals surface area contributed by atoms with E-state index in [1.54, 1.807) is 0 Å². The van der Waals surface area contributed by atoms with E-state index in [-0.39, 0.29) is 29.9 Å². The highest BCUT2D eigenvalue weighted by molar-refractivity contribution is 5.85. The third kappa shape index (κ3) is 3.46. The normalized spacial score (nSPS) is 34.9. The van der Waals surface area contributed by atoms with Crippen molar-refractivity contribution in [2.24, 2.45) is 23.5 Å². The lowest BCUT2D eigenvalue weighted by atomic mass is 9.51. The Labute approximate surface area is 162 Å². The summed E-state index contributed by atoms with van der Waals surface area (Å²) in [7, 11) is 0. The Kier molecular flexibility index (Phi) is 5.04. The first kappa shape index (κ1) is 19.5. The van der Waals surface area contributed by atoms with Gasteiger partial charge in [0.25, 0.3) is 5.91 Å².